The molecular weight excluding hydrogens is 518 g/mol. The summed E-state index contributed by atoms with van der Waals surface area (Å²) in [6.45, 7) is 9.53. The fourth-order valence-electron chi connectivity index (χ4n) is 5.28. The summed E-state index contributed by atoms with van der Waals surface area (Å²) in [5.74, 6) is -0.603. The Morgan fingerprint density at radius 3 is 2.55 bits per heavy atom. The van der Waals surface area contributed by atoms with Crippen molar-refractivity contribution in [3.63, 3.8) is 0 Å². The lowest BCUT2D eigenvalue weighted by molar-refractivity contribution is -0.146. The van der Waals surface area contributed by atoms with E-state index in [2.05, 4.69) is 29.2 Å². The Morgan fingerprint density at radius 2 is 1.90 bits per heavy atom. The van der Waals surface area contributed by atoms with Gasteiger partial charge in [-0.05, 0) is 45.6 Å². The zero-order valence-corrected chi connectivity index (χ0v) is 24.3. The van der Waals surface area contributed by atoms with E-state index in [1.165, 1.54) is 13.0 Å². The van der Waals surface area contributed by atoms with Gasteiger partial charge in [0, 0.05) is 26.5 Å². The molecule has 11 nitrogen and oxygen atoms in total. The van der Waals surface area contributed by atoms with Gasteiger partial charge >= 0.3 is 5.97 Å². The molecule has 3 aliphatic heterocycles. The summed E-state index contributed by atoms with van der Waals surface area (Å²) in [4.78, 5) is 35.4. The number of allylic oxidation sites excluding steroid dienone is 2. The molecule has 1 spiro atoms. The highest BCUT2D eigenvalue weighted by Crippen LogP contribution is 2.43. The number of hydrogen-bond acceptors (Lipinski definition) is 9. The standard InChI is InChI=1S/C29H45N3O8/c1-17(8-11-25-28(36)29(16-37-29)15-22(40-25)14-27(35)32-30-6)7-10-24-18(2)13-23(20(4)39-24)31-26(34)12-9-19(3)38-21(5)33/h7-9,11-12,18-20,22-25,28,30,36H,10,13-16H2,1-6H3,(H,31,34)(H,32,35)/b11-8+,12-9?,17-7+/t18-,19?,20+,22+,23+,24-,25+,28+,29+/m0/s1. The van der Waals surface area contributed by atoms with E-state index in [-0.39, 0.29) is 48.5 Å². The van der Waals surface area contributed by atoms with Gasteiger partial charge in [0.1, 0.15) is 23.9 Å². The number of ether oxygens (including phenoxy) is 4. The molecule has 1 unspecified atom stereocenters. The van der Waals surface area contributed by atoms with Crippen molar-refractivity contribution in [2.75, 3.05) is 13.7 Å². The second-order valence-electron chi connectivity index (χ2n) is 11.2. The normalized spacial score (nSPS) is 35.1. The number of aliphatic hydroxyl groups is 1. The summed E-state index contributed by atoms with van der Waals surface area (Å²) in [7, 11) is 1.63. The largest absolute Gasteiger partial charge is 0.459 e. The van der Waals surface area contributed by atoms with Crippen molar-refractivity contribution in [1.82, 2.24) is 16.2 Å². The number of hydrogen-bond donors (Lipinski definition) is 4. The zero-order chi connectivity index (χ0) is 29.4. The van der Waals surface area contributed by atoms with Crippen LogP contribution in [0.25, 0.3) is 0 Å². The van der Waals surface area contributed by atoms with E-state index in [1.54, 1.807) is 20.0 Å². The monoisotopic (exact) mass is 563 g/mol. The predicted octanol–water partition coefficient (Wildman–Crippen LogP) is 1.61. The van der Waals surface area contributed by atoms with Gasteiger partial charge in [-0.15, -0.1) is 0 Å². The molecule has 3 fully saturated rings. The molecule has 0 aromatic carbocycles. The molecule has 224 valence electrons. The highest BCUT2D eigenvalue weighted by atomic mass is 16.6. The number of carbonyl (C=O) groups excluding carboxylic acids is 3. The van der Waals surface area contributed by atoms with Crippen LogP contribution >= 0.6 is 0 Å². The van der Waals surface area contributed by atoms with Crippen LogP contribution < -0.4 is 16.2 Å². The zero-order valence-electron chi connectivity index (χ0n) is 24.3. The van der Waals surface area contributed by atoms with E-state index in [9.17, 15) is 19.5 Å². The maximum atomic E-state index is 12.4. The minimum atomic E-state index is -0.797. The molecule has 0 saturated carbocycles. The lowest BCUT2D eigenvalue weighted by atomic mass is 9.87. The molecule has 9 atom stereocenters. The molecule has 0 aromatic rings. The highest BCUT2D eigenvalue weighted by Gasteiger charge is 2.58. The molecule has 0 bridgehead atoms. The molecule has 3 aliphatic rings. The third kappa shape index (κ3) is 9.24. The number of aliphatic hydroxyl groups excluding tert-OH is 1. The fourth-order valence-corrected chi connectivity index (χ4v) is 5.28. The Kier molecular flexibility index (Phi) is 11.5. The second-order valence-corrected chi connectivity index (χ2v) is 11.2. The molecule has 0 aliphatic carbocycles. The van der Waals surface area contributed by atoms with Crippen LogP contribution in [0, 0.1) is 5.92 Å². The number of esters is 1. The van der Waals surface area contributed by atoms with Crippen LogP contribution in [-0.4, -0.2) is 84.8 Å². The van der Waals surface area contributed by atoms with Gasteiger partial charge in [-0.1, -0.05) is 30.7 Å². The van der Waals surface area contributed by atoms with Gasteiger partial charge in [0.05, 0.1) is 37.4 Å². The van der Waals surface area contributed by atoms with Gasteiger partial charge in [-0.2, -0.15) is 0 Å². The highest BCUT2D eigenvalue weighted by molar-refractivity contribution is 5.87. The Morgan fingerprint density at radius 1 is 1.18 bits per heavy atom. The lowest BCUT2D eigenvalue weighted by Crippen LogP contribution is -2.51. The van der Waals surface area contributed by atoms with E-state index in [0.29, 0.717) is 19.4 Å². The van der Waals surface area contributed by atoms with Gasteiger partial charge in [-0.3, -0.25) is 19.8 Å². The average molecular weight is 564 g/mol. The van der Waals surface area contributed by atoms with E-state index in [0.717, 1.165) is 12.0 Å². The molecule has 3 saturated heterocycles. The first-order valence-corrected chi connectivity index (χ1v) is 14.0. The minimum Gasteiger partial charge on any atom is -0.459 e. The summed E-state index contributed by atoms with van der Waals surface area (Å²) in [6, 6.07) is -0.123. The molecule has 0 aromatic heterocycles. The van der Waals surface area contributed by atoms with Crippen LogP contribution in [0.3, 0.4) is 0 Å². The summed E-state index contributed by atoms with van der Waals surface area (Å²) in [5, 5.41) is 13.8. The van der Waals surface area contributed by atoms with E-state index in [1.807, 2.05) is 26.0 Å². The van der Waals surface area contributed by atoms with E-state index >= 15 is 0 Å². The Balaban J connectivity index is 1.50. The summed E-state index contributed by atoms with van der Waals surface area (Å²) in [5.41, 5.74) is 5.53. The van der Waals surface area contributed by atoms with Crippen molar-refractivity contribution in [3.8, 4) is 0 Å². The Bertz CT molecular complexity index is 992. The third-order valence-electron chi connectivity index (χ3n) is 7.60. The van der Waals surface area contributed by atoms with Gasteiger partial charge in [0.2, 0.25) is 11.8 Å². The van der Waals surface area contributed by atoms with Gasteiger partial charge < -0.3 is 29.4 Å². The topological polar surface area (TPSA) is 148 Å². The van der Waals surface area contributed by atoms with Gasteiger partial charge in [-0.25, -0.2) is 5.43 Å². The van der Waals surface area contributed by atoms with Crippen molar-refractivity contribution in [3.05, 3.63) is 36.0 Å². The van der Waals surface area contributed by atoms with Crippen molar-refractivity contribution in [1.29, 1.82) is 0 Å². The molecule has 40 heavy (non-hydrogen) atoms. The van der Waals surface area contributed by atoms with Crippen LogP contribution in [-0.2, 0) is 33.3 Å². The van der Waals surface area contributed by atoms with Crippen LogP contribution in [0.15, 0.2) is 36.0 Å². The summed E-state index contributed by atoms with van der Waals surface area (Å²) < 4.78 is 22.9. The quantitative estimate of drug-likeness (QED) is 0.0968. The molecule has 11 heteroatoms. The smallest absolute Gasteiger partial charge is 0.303 e. The number of rotatable bonds is 11. The first kappa shape index (κ1) is 32.0. The van der Waals surface area contributed by atoms with E-state index < -0.39 is 29.9 Å². The van der Waals surface area contributed by atoms with Gasteiger partial charge in [0.15, 0.2) is 0 Å². The van der Waals surface area contributed by atoms with Crippen molar-refractivity contribution >= 4 is 17.8 Å². The van der Waals surface area contributed by atoms with Crippen molar-refractivity contribution < 1.29 is 38.4 Å². The van der Waals surface area contributed by atoms with E-state index in [4.69, 9.17) is 18.9 Å². The first-order valence-electron chi connectivity index (χ1n) is 14.0. The van der Waals surface area contributed by atoms with Crippen molar-refractivity contribution in [2.24, 2.45) is 5.92 Å². The number of hydrazine groups is 1. The summed E-state index contributed by atoms with van der Waals surface area (Å²) in [6.07, 6.45) is 8.57. The van der Waals surface area contributed by atoms with Crippen LogP contribution in [0.1, 0.15) is 60.3 Å². The van der Waals surface area contributed by atoms with Gasteiger partial charge in [0.25, 0.3) is 0 Å². The third-order valence-corrected chi connectivity index (χ3v) is 7.60. The fraction of sp³-hybridized carbons (Fsp3) is 0.690. The Labute approximate surface area is 236 Å². The van der Waals surface area contributed by atoms with Crippen LogP contribution in [0.4, 0.5) is 0 Å². The van der Waals surface area contributed by atoms with Crippen LogP contribution in [0.5, 0.6) is 0 Å². The molecule has 3 rings (SSSR count). The van der Waals surface area contributed by atoms with Crippen LogP contribution in [0.2, 0.25) is 0 Å². The minimum absolute atomic E-state index is 0.000699. The maximum Gasteiger partial charge on any atom is 0.303 e. The average Bonchev–Trinajstić information content (AvgIpc) is 3.64. The first-order chi connectivity index (χ1) is 18.9. The molecule has 4 N–H and O–H groups in total. The SMILES string of the molecule is CNNC(=O)C[C@@H]1C[C@@]2(CO2)[C@H](O)[C@@H](/C=C/C(C)=C/C[C@@H]2O[C@H](C)[C@H](NC(=O)C=CC(C)OC(C)=O)C[C@@H]2C)O1. The maximum absolute atomic E-state index is 12.4. The number of nitrogens with one attached hydrogen (secondary N) is 3. The molecule has 2 amide bonds. The van der Waals surface area contributed by atoms with Crippen molar-refractivity contribution in [2.45, 2.75) is 109 Å². The number of carbonyl (C=O) groups is 3. The number of amides is 2. The Hall–Kier alpha value is -2.57. The molecule has 0 radical (unpaired) electrons. The second kappa shape index (κ2) is 14.4. The molecule has 3 heterocycles. The lowest BCUT2D eigenvalue weighted by Gasteiger charge is -2.39. The summed E-state index contributed by atoms with van der Waals surface area (Å²) >= 11 is 0. The molecular formula is C29H45N3O8. The number of epoxide rings is 1. The predicted molar refractivity (Wildman–Crippen MR) is 148 cm³/mol.